The first-order chi connectivity index (χ1) is 14.0. The number of ether oxygens (including phenoxy) is 1. The number of rotatable bonds is 3. The lowest BCUT2D eigenvalue weighted by Crippen LogP contribution is -2.47. The van der Waals surface area contributed by atoms with E-state index in [0.29, 0.717) is 25.2 Å². The standard InChI is InChI=1S/C21H20FN3O4/c1-2-12-19-13(17(26)8-16(21(27)28)25(19)11-3-4-11)7-14(22)20(12)24-9-15-18(10-24)29-6-5-23-15/h1,7-8,11,15,18,23H,3-6,9-10H2,(H,27,28). The molecule has 0 spiro atoms. The van der Waals surface area contributed by atoms with Gasteiger partial charge < -0.3 is 24.6 Å². The second-order valence-electron chi connectivity index (χ2n) is 7.80. The number of carbonyl (C=O) groups is 1. The minimum atomic E-state index is -1.20. The molecule has 0 radical (unpaired) electrons. The lowest BCUT2D eigenvalue weighted by molar-refractivity contribution is 0.0212. The number of hydrogen-bond donors (Lipinski definition) is 2. The molecule has 0 bridgehead atoms. The number of aromatic nitrogens is 1. The maximum Gasteiger partial charge on any atom is 0.352 e. The summed E-state index contributed by atoms with van der Waals surface area (Å²) >= 11 is 0. The molecule has 8 heteroatoms. The van der Waals surface area contributed by atoms with Gasteiger partial charge in [0.2, 0.25) is 0 Å². The largest absolute Gasteiger partial charge is 0.477 e. The lowest BCUT2D eigenvalue weighted by atomic mass is 10.0. The number of hydrogen-bond acceptors (Lipinski definition) is 5. The highest BCUT2D eigenvalue weighted by molar-refractivity contribution is 5.96. The fraction of sp³-hybridized carbons (Fsp3) is 0.429. The van der Waals surface area contributed by atoms with E-state index in [4.69, 9.17) is 11.2 Å². The van der Waals surface area contributed by atoms with Gasteiger partial charge in [0.25, 0.3) is 0 Å². The van der Waals surface area contributed by atoms with Gasteiger partial charge >= 0.3 is 5.97 Å². The number of terminal acetylenes is 1. The molecule has 1 saturated carbocycles. The Balaban J connectivity index is 1.77. The molecule has 1 aromatic carbocycles. The summed E-state index contributed by atoms with van der Waals surface area (Å²) in [7, 11) is 0. The average molecular weight is 397 g/mol. The molecule has 5 rings (SSSR count). The number of nitrogens with one attached hydrogen (secondary N) is 1. The topological polar surface area (TPSA) is 83.8 Å². The van der Waals surface area contributed by atoms with E-state index in [2.05, 4.69) is 11.2 Å². The number of morpholine rings is 1. The fourth-order valence-electron chi connectivity index (χ4n) is 4.56. The highest BCUT2D eigenvalue weighted by atomic mass is 19.1. The van der Waals surface area contributed by atoms with Crippen molar-refractivity contribution in [3.8, 4) is 12.3 Å². The molecule has 2 aromatic rings. The molecule has 2 N–H and O–H groups in total. The number of pyridine rings is 1. The van der Waals surface area contributed by atoms with Gasteiger partial charge in [0.05, 0.1) is 40.9 Å². The SMILES string of the molecule is C#Cc1c(N2CC3NCCOC3C2)c(F)cc2c(=O)cc(C(=O)O)n(C3CC3)c12. The summed E-state index contributed by atoms with van der Waals surface area (Å²) in [6.07, 6.45) is 7.33. The zero-order valence-corrected chi connectivity index (χ0v) is 15.7. The molecule has 2 atom stereocenters. The first kappa shape index (κ1) is 18.2. The average Bonchev–Trinajstić information content (AvgIpc) is 3.44. The number of carboxylic acid groups (broad SMARTS) is 1. The second-order valence-corrected chi connectivity index (χ2v) is 7.80. The summed E-state index contributed by atoms with van der Waals surface area (Å²) in [4.78, 5) is 26.2. The van der Waals surface area contributed by atoms with Gasteiger partial charge in [0.15, 0.2) is 5.43 Å². The molecule has 3 aliphatic rings. The van der Waals surface area contributed by atoms with Crippen LogP contribution in [0.1, 0.15) is 34.9 Å². The van der Waals surface area contributed by atoms with Crippen molar-refractivity contribution in [3.63, 3.8) is 0 Å². The molecule has 2 unspecified atom stereocenters. The summed E-state index contributed by atoms with van der Waals surface area (Å²) in [6, 6.07) is 2.26. The normalized spacial score (nSPS) is 23.8. The van der Waals surface area contributed by atoms with Crippen LogP contribution in [-0.2, 0) is 4.74 Å². The molecule has 2 saturated heterocycles. The predicted octanol–water partition coefficient (Wildman–Crippen LogP) is 1.33. The Hall–Kier alpha value is -2.89. The summed E-state index contributed by atoms with van der Waals surface area (Å²) in [5, 5.41) is 13.1. The van der Waals surface area contributed by atoms with Crippen molar-refractivity contribution >= 4 is 22.6 Å². The fourth-order valence-corrected chi connectivity index (χ4v) is 4.56. The number of nitrogens with zero attached hydrogens (tertiary/aromatic N) is 2. The molecule has 3 fully saturated rings. The Bertz CT molecular complexity index is 1120. The smallest absolute Gasteiger partial charge is 0.352 e. The van der Waals surface area contributed by atoms with Gasteiger partial charge in [0, 0.05) is 31.7 Å². The Morgan fingerprint density at radius 3 is 2.79 bits per heavy atom. The van der Waals surface area contributed by atoms with Gasteiger partial charge in [-0.15, -0.1) is 6.42 Å². The molecule has 2 aliphatic heterocycles. The van der Waals surface area contributed by atoms with Gasteiger partial charge in [-0.1, -0.05) is 5.92 Å². The van der Waals surface area contributed by atoms with E-state index in [9.17, 15) is 14.7 Å². The second kappa shape index (κ2) is 6.58. The van der Waals surface area contributed by atoms with Crippen LogP contribution in [0.2, 0.25) is 0 Å². The minimum absolute atomic E-state index is 0.0548. The van der Waals surface area contributed by atoms with Crippen LogP contribution in [0.3, 0.4) is 0 Å². The van der Waals surface area contributed by atoms with Crippen molar-refractivity contribution in [1.29, 1.82) is 0 Å². The molecule has 150 valence electrons. The van der Waals surface area contributed by atoms with Crippen LogP contribution < -0.4 is 15.6 Å². The first-order valence-electron chi connectivity index (χ1n) is 9.71. The van der Waals surface area contributed by atoms with Crippen LogP contribution in [0.5, 0.6) is 0 Å². The Labute approximate surface area is 166 Å². The number of aromatic carboxylic acids is 1. The molecule has 1 aromatic heterocycles. The third kappa shape index (κ3) is 2.81. The molecule has 7 nitrogen and oxygen atoms in total. The molecule has 0 amide bonds. The third-order valence-electron chi connectivity index (χ3n) is 5.96. The van der Waals surface area contributed by atoms with Gasteiger partial charge in [-0.3, -0.25) is 4.79 Å². The Morgan fingerprint density at radius 2 is 2.14 bits per heavy atom. The highest BCUT2D eigenvalue weighted by Crippen LogP contribution is 2.41. The van der Waals surface area contributed by atoms with E-state index in [0.717, 1.165) is 25.5 Å². The highest BCUT2D eigenvalue weighted by Gasteiger charge is 2.38. The summed E-state index contributed by atoms with van der Waals surface area (Å²) in [5.74, 6) is 0.782. The van der Waals surface area contributed by atoms with E-state index in [1.54, 1.807) is 4.57 Å². The Morgan fingerprint density at radius 1 is 1.34 bits per heavy atom. The molecule has 29 heavy (non-hydrogen) atoms. The summed E-state index contributed by atoms with van der Waals surface area (Å²) in [5.41, 5.74) is 0.137. The zero-order chi connectivity index (χ0) is 20.3. The predicted molar refractivity (Wildman–Crippen MR) is 105 cm³/mol. The van der Waals surface area contributed by atoms with E-state index in [-0.39, 0.29) is 40.5 Å². The lowest BCUT2D eigenvalue weighted by Gasteiger charge is -2.25. The van der Waals surface area contributed by atoms with Crippen molar-refractivity contribution in [3.05, 3.63) is 39.4 Å². The van der Waals surface area contributed by atoms with E-state index >= 15 is 4.39 Å². The van der Waals surface area contributed by atoms with Gasteiger partial charge in [0.1, 0.15) is 11.5 Å². The molecule has 3 heterocycles. The van der Waals surface area contributed by atoms with Crippen LogP contribution in [0, 0.1) is 18.2 Å². The third-order valence-corrected chi connectivity index (χ3v) is 5.96. The maximum atomic E-state index is 15.2. The Kier molecular flexibility index (Phi) is 4.12. The van der Waals surface area contributed by atoms with Gasteiger partial charge in [-0.25, -0.2) is 9.18 Å². The molecule has 1 aliphatic carbocycles. The van der Waals surface area contributed by atoms with E-state index in [1.165, 1.54) is 6.07 Å². The zero-order valence-electron chi connectivity index (χ0n) is 15.7. The van der Waals surface area contributed by atoms with Crippen molar-refractivity contribution < 1.29 is 19.0 Å². The van der Waals surface area contributed by atoms with Gasteiger partial charge in [-0.2, -0.15) is 0 Å². The number of carboxylic acids is 1. The van der Waals surface area contributed by atoms with Crippen LogP contribution in [0.4, 0.5) is 10.1 Å². The molecular formula is C21H20FN3O4. The number of fused-ring (bicyclic) bond motifs is 2. The van der Waals surface area contributed by atoms with Crippen molar-refractivity contribution in [2.75, 3.05) is 31.1 Å². The van der Waals surface area contributed by atoms with Crippen LogP contribution in [0.15, 0.2) is 16.9 Å². The quantitative estimate of drug-likeness (QED) is 0.761. The monoisotopic (exact) mass is 397 g/mol. The van der Waals surface area contributed by atoms with Crippen LogP contribution in [0.25, 0.3) is 10.9 Å². The maximum absolute atomic E-state index is 15.2. The van der Waals surface area contributed by atoms with E-state index in [1.807, 2.05) is 4.90 Å². The summed E-state index contributed by atoms with van der Waals surface area (Å²) in [6.45, 7) is 2.33. The minimum Gasteiger partial charge on any atom is -0.477 e. The van der Waals surface area contributed by atoms with E-state index < -0.39 is 17.2 Å². The summed E-state index contributed by atoms with van der Waals surface area (Å²) < 4.78 is 22.6. The van der Waals surface area contributed by atoms with Gasteiger partial charge in [-0.05, 0) is 18.9 Å². The number of benzene rings is 1. The number of halogens is 1. The first-order valence-corrected chi connectivity index (χ1v) is 9.71. The molecular weight excluding hydrogens is 377 g/mol. The van der Waals surface area contributed by atoms with Crippen LogP contribution >= 0.6 is 0 Å². The van der Waals surface area contributed by atoms with Crippen LogP contribution in [-0.4, -0.2) is 54.0 Å². The van der Waals surface area contributed by atoms with Crippen molar-refractivity contribution in [2.45, 2.75) is 31.0 Å². The van der Waals surface area contributed by atoms with Crippen molar-refractivity contribution in [2.24, 2.45) is 0 Å². The van der Waals surface area contributed by atoms with Crippen molar-refractivity contribution in [1.82, 2.24) is 9.88 Å². The number of anilines is 1.